The molecule has 0 radical (unpaired) electrons. The number of fused-ring (bicyclic) bond motifs is 1. The maximum atomic E-state index is 13.2. The van der Waals surface area contributed by atoms with Crippen molar-refractivity contribution in [1.29, 1.82) is 0 Å². The molecule has 2 saturated heterocycles. The van der Waals surface area contributed by atoms with E-state index in [4.69, 9.17) is 9.73 Å². The van der Waals surface area contributed by atoms with Gasteiger partial charge in [0.1, 0.15) is 5.71 Å². The van der Waals surface area contributed by atoms with Crippen LogP contribution in [0.4, 0.5) is 5.69 Å². The molecule has 1 saturated carbocycles. The van der Waals surface area contributed by atoms with Gasteiger partial charge in [-0.3, -0.25) is 15.0 Å². The van der Waals surface area contributed by atoms with Gasteiger partial charge < -0.3 is 4.74 Å². The summed E-state index contributed by atoms with van der Waals surface area (Å²) in [7, 11) is 1.24. The normalized spacial score (nSPS) is 39.9. The van der Waals surface area contributed by atoms with Crippen LogP contribution in [0, 0.1) is 15.5 Å². The van der Waals surface area contributed by atoms with Crippen molar-refractivity contribution in [3.8, 4) is 0 Å². The molecule has 5 atom stereocenters. The van der Waals surface area contributed by atoms with Crippen LogP contribution >= 0.6 is 15.9 Å². The number of nitrogens with zero attached hydrogens (tertiary/aromatic N) is 3. The third-order valence-corrected chi connectivity index (χ3v) is 8.91. The molecule has 154 valence electrons. The van der Waals surface area contributed by atoms with Gasteiger partial charge in [-0.2, -0.15) is 0 Å². The number of ether oxygens (including phenoxy) is 1. The van der Waals surface area contributed by atoms with Crippen LogP contribution < -0.4 is 0 Å². The van der Waals surface area contributed by atoms with Crippen molar-refractivity contribution >= 4 is 33.3 Å². The van der Waals surface area contributed by atoms with Crippen LogP contribution in [-0.2, 0) is 14.9 Å². The summed E-state index contributed by atoms with van der Waals surface area (Å²) in [5.41, 5.74) is -0.909. The zero-order chi connectivity index (χ0) is 20.6. The molecule has 4 aliphatic rings. The van der Waals surface area contributed by atoms with E-state index in [9.17, 15) is 14.9 Å². The number of benzene rings is 1. The number of hydrogen-bond donors (Lipinski definition) is 0. The lowest BCUT2D eigenvalue weighted by atomic mass is 9.48. The lowest BCUT2D eigenvalue weighted by Gasteiger charge is -2.58. The third-order valence-electron chi connectivity index (χ3n) is 7.90. The first-order chi connectivity index (χ1) is 13.9. The van der Waals surface area contributed by atoms with Gasteiger partial charge in [0.15, 0.2) is 0 Å². The van der Waals surface area contributed by atoms with Crippen molar-refractivity contribution in [2.75, 3.05) is 20.2 Å². The number of methoxy groups -OCH3 is 1. The zero-order valence-corrected chi connectivity index (χ0v) is 18.1. The van der Waals surface area contributed by atoms with Crippen LogP contribution in [0.25, 0.3) is 0 Å². The summed E-state index contributed by atoms with van der Waals surface area (Å²) in [6, 6.07) is 7.87. The number of rotatable bonds is 3. The molecule has 8 heteroatoms. The summed E-state index contributed by atoms with van der Waals surface area (Å²) in [5, 5.41) is 12.7. The predicted octanol–water partition coefficient (Wildman–Crippen LogP) is 3.24. The van der Waals surface area contributed by atoms with E-state index in [1.807, 2.05) is 24.3 Å². The van der Waals surface area contributed by atoms with E-state index in [1.165, 1.54) is 7.11 Å². The molecule has 1 aromatic carbocycles. The minimum atomic E-state index is -1.96. The molecule has 0 unspecified atom stereocenters. The molecule has 1 aromatic rings. The van der Waals surface area contributed by atoms with Crippen molar-refractivity contribution in [2.24, 2.45) is 10.4 Å². The fraction of sp³-hybridized carbons (Fsp3) is 0.619. The summed E-state index contributed by atoms with van der Waals surface area (Å²) < 4.78 is 5.08. The monoisotopic (exact) mass is 461 g/mol. The SMILES string of the molecule is CC[C@]12CCCN3C[C@@H](Br)[C@]4(C(=Nc5ccccc54)[C@](C(=O)OC)([N+](=O)[O-])C1)[C@@H]32. The molecular weight excluding hydrogens is 438 g/mol. The highest BCUT2D eigenvalue weighted by Crippen LogP contribution is 2.66. The zero-order valence-electron chi connectivity index (χ0n) is 16.6. The predicted molar refractivity (Wildman–Crippen MR) is 112 cm³/mol. The van der Waals surface area contributed by atoms with Crippen LogP contribution in [0.2, 0.25) is 0 Å². The average Bonchev–Trinajstić information content (AvgIpc) is 3.23. The first kappa shape index (κ1) is 19.2. The molecule has 3 heterocycles. The van der Waals surface area contributed by atoms with Crippen LogP contribution in [0.1, 0.15) is 38.2 Å². The number of esters is 1. The van der Waals surface area contributed by atoms with Gasteiger partial charge in [-0.1, -0.05) is 41.1 Å². The first-order valence-electron chi connectivity index (χ1n) is 10.2. The van der Waals surface area contributed by atoms with Gasteiger partial charge in [-0.25, -0.2) is 9.79 Å². The molecule has 3 aliphatic heterocycles. The summed E-state index contributed by atoms with van der Waals surface area (Å²) in [4.78, 5) is 32.6. The first-order valence-corrected chi connectivity index (χ1v) is 11.1. The minimum absolute atomic E-state index is 0.0595. The van der Waals surface area contributed by atoms with Gasteiger partial charge >= 0.3 is 11.5 Å². The number of halogens is 1. The van der Waals surface area contributed by atoms with E-state index >= 15 is 0 Å². The highest BCUT2D eigenvalue weighted by molar-refractivity contribution is 9.09. The number of carbonyl (C=O) groups excluding carboxylic acids is 1. The van der Waals surface area contributed by atoms with E-state index in [2.05, 4.69) is 27.8 Å². The Labute approximate surface area is 177 Å². The smallest absolute Gasteiger partial charge is 0.390 e. The van der Waals surface area contributed by atoms with Crippen LogP contribution in [-0.4, -0.2) is 58.1 Å². The largest absolute Gasteiger partial charge is 0.463 e. The number of aliphatic imine (C=N–C) groups is 1. The summed E-state index contributed by atoms with van der Waals surface area (Å²) in [6.07, 6.45) is 2.76. The molecule has 0 aromatic heterocycles. The van der Waals surface area contributed by atoms with Gasteiger partial charge in [0.05, 0.1) is 18.2 Å². The quantitative estimate of drug-likeness (QED) is 0.298. The number of piperidine rings is 1. The molecule has 0 N–H and O–H groups in total. The van der Waals surface area contributed by atoms with Gasteiger partial charge in [0.2, 0.25) is 0 Å². The van der Waals surface area contributed by atoms with Crippen LogP contribution in [0.15, 0.2) is 29.3 Å². The fourth-order valence-electron chi connectivity index (χ4n) is 6.90. The lowest BCUT2D eigenvalue weighted by Crippen LogP contribution is -2.74. The Morgan fingerprint density at radius 1 is 1.45 bits per heavy atom. The Balaban J connectivity index is 1.89. The molecule has 1 aliphatic carbocycles. The molecule has 0 bridgehead atoms. The number of para-hydroxylation sites is 1. The number of hydrogen-bond acceptors (Lipinski definition) is 6. The van der Waals surface area contributed by atoms with E-state index < -0.39 is 21.8 Å². The van der Waals surface area contributed by atoms with Crippen molar-refractivity contribution in [1.82, 2.24) is 4.90 Å². The maximum absolute atomic E-state index is 13.2. The Bertz CT molecular complexity index is 952. The van der Waals surface area contributed by atoms with Crippen molar-refractivity contribution in [2.45, 2.75) is 54.4 Å². The Morgan fingerprint density at radius 3 is 2.90 bits per heavy atom. The van der Waals surface area contributed by atoms with Crippen LogP contribution in [0.3, 0.4) is 0 Å². The standard InChI is InChI=1S/C21H24BrN3O4/c1-3-19-9-6-10-24-11-15(22)21(17(19)24)13-7-4-5-8-14(13)23-16(21)20(12-19,25(27)28)18(26)29-2/h4-5,7-8,15,17H,3,6,9-12H2,1-2H3/t15-,17+,19+,20-,21-/m1/s1. The third kappa shape index (κ3) is 2.02. The topological polar surface area (TPSA) is 85.0 Å². The van der Waals surface area contributed by atoms with E-state index in [0.717, 1.165) is 43.6 Å². The van der Waals surface area contributed by atoms with Gasteiger partial charge in [0, 0.05) is 28.8 Å². The summed E-state index contributed by atoms with van der Waals surface area (Å²) in [6.45, 7) is 3.86. The summed E-state index contributed by atoms with van der Waals surface area (Å²) >= 11 is 3.91. The second kappa shape index (κ2) is 6.11. The molecule has 7 nitrogen and oxygen atoms in total. The fourth-order valence-corrected chi connectivity index (χ4v) is 7.99. The average molecular weight is 462 g/mol. The van der Waals surface area contributed by atoms with Crippen molar-refractivity contribution in [3.63, 3.8) is 0 Å². The minimum Gasteiger partial charge on any atom is -0.463 e. The Kier molecular flexibility index (Phi) is 4.04. The van der Waals surface area contributed by atoms with E-state index in [-0.39, 0.29) is 22.7 Å². The Hall–Kier alpha value is -1.80. The molecule has 3 fully saturated rings. The number of nitro groups is 1. The number of carbonyl (C=O) groups is 1. The molecule has 1 spiro atoms. The highest BCUT2D eigenvalue weighted by Gasteiger charge is 2.80. The maximum Gasteiger partial charge on any atom is 0.390 e. The van der Waals surface area contributed by atoms with Gasteiger partial charge in [0.25, 0.3) is 0 Å². The number of alkyl halides is 1. The summed E-state index contributed by atoms with van der Waals surface area (Å²) in [5.74, 6) is -0.802. The van der Waals surface area contributed by atoms with Crippen LogP contribution in [0.5, 0.6) is 0 Å². The molecule has 29 heavy (non-hydrogen) atoms. The van der Waals surface area contributed by atoms with Crippen molar-refractivity contribution < 1.29 is 14.5 Å². The van der Waals surface area contributed by atoms with Gasteiger partial charge in [-0.15, -0.1) is 0 Å². The highest BCUT2D eigenvalue weighted by atomic mass is 79.9. The van der Waals surface area contributed by atoms with E-state index in [0.29, 0.717) is 5.71 Å². The lowest BCUT2D eigenvalue weighted by molar-refractivity contribution is -0.541. The molecular formula is C21H24BrN3O4. The van der Waals surface area contributed by atoms with E-state index in [1.54, 1.807) is 0 Å². The second-order valence-electron chi connectivity index (χ2n) is 8.82. The molecule has 5 rings (SSSR count). The Morgan fingerprint density at radius 2 is 2.21 bits per heavy atom. The van der Waals surface area contributed by atoms with Gasteiger partial charge in [-0.05, 0) is 42.9 Å². The molecule has 0 amide bonds. The van der Waals surface area contributed by atoms with Crippen molar-refractivity contribution in [3.05, 3.63) is 39.9 Å². The second-order valence-corrected chi connectivity index (χ2v) is 9.92.